The van der Waals surface area contributed by atoms with E-state index in [4.69, 9.17) is 0 Å². The van der Waals surface area contributed by atoms with E-state index < -0.39 is 0 Å². The molecule has 0 saturated carbocycles. The van der Waals surface area contributed by atoms with E-state index in [1.807, 2.05) is 28.9 Å². The summed E-state index contributed by atoms with van der Waals surface area (Å²) in [5.74, 6) is 0.578. The minimum atomic E-state index is -0.219. The van der Waals surface area contributed by atoms with Gasteiger partial charge in [-0.05, 0) is 23.8 Å². The fourth-order valence-electron chi connectivity index (χ4n) is 2.04. The predicted octanol–water partition coefficient (Wildman–Crippen LogP) is 2.35. The lowest BCUT2D eigenvalue weighted by atomic mass is 10.2. The van der Waals surface area contributed by atoms with Gasteiger partial charge in [0.05, 0.1) is 6.54 Å². The molecule has 120 valence electrons. The lowest BCUT2D eigenvalue weighted by Gasteiger charge is -2.22. The molecule has 5 nitrogen and oxygen atoms in total. The molecule has 0 atom stereocenters. The molecule has 0 aliphatic carbocycles. The molecule has 1 aromatic carbocycles. The van der Waals surface area contributed by atoms with Crippen molar-refractivity contribution in [3.8, 4) is 0 Å². The summed E-state index contributed by atoms with van der Waals surface area (Å²) in [6.45, 7) is 2.18. The summed E-state index contributed by atoms with van der Waals surface area (Å²) in [6.07, 6.45) is 3.68. The molecule has 0 aliphatic rings. The summed E-state index contributed by atoms with van der Waals surface area (Å²) in [5, 5.41) is 7.43. The number of hydrogen-bond donors (Lipinski definition) is 1. The van der Waals surface area contributed by atoms with Crippen LogP contribution in [0.25, 0.3) is 0 Å². The summed E-state index contributed by atoms with van der Waals surface area (Å²) in [5.41, 5.74) is 1.04. The van der Waals surface area contributed by atoms with Gasteiger partial charge >= 0.3 is 0 Å². The van der Waals surface area contributed by atoms with Crippen LogP contribution in [0, 0.1) is 5.82 Å². The van der Waals surface area contributed by atoms with Crippen LogP contribution in [0.15, 0.2) is 47.7 Å². The molecule has 2 rings (SSSR count). The van der Waals surface area contributed by atoms with Crippen LogP contribution >= 0.6 is 24.0 Å². The fraction of sp³-hybridized carbons (Fsp3) is 0.333. The maximum absolute atomic E-state index is 12.9. The summed E-state index contributed by atoms with van der Waals surface area (Å²) >= 11 is 0. The van der Waals surface area contributed by atoms with E-state index in [1.165, 1.54) is 12.1 Å². The van der Waals surface area contributed by atoms with Gasteiger partial charge in [-0.25, -0.2) is 4.39 Å². The minimum Gasteiger partial charge on any atom is -0.354 e. The number of guanidine groups is 1. The summed E-state index contributed by atoms with van der Waals surface area (Å²) in [6, 6.07) is 8.40. The lowest BCUT2D eigenvalue weighted by molar-refractivity contribution is 0.470. The zero-order valence-electron chi connectivity index (χ0n) is 12.7. The molecule has 1 heterocycles. The third-order valence-electron chi connectivity index (χ3n) is 3.09. The van der Waals surface area contributed by atoms with Crippen LogP contribution < -0.4 is 5.32 Å². The first-order valence-electron chi connectivity index (χ1n) is 6.82. The van der Waals surface area contributed by atoms with Crippen molar-refractivity contribution in [3.63, 3.8) is 0 Å². The smallest absolute Gasteiger partial charge is 0.193 e. The quantitative estimate of drug-likeness (QED) is 0.462. The van der Waals surface area contributed by atoms with Gasteiger partial charge in [-0.3, -0.25) is 9.67 Å². The zero-order valence-corrected chi connectivity index (χ0v) is 15.1. The van der Waals surface area contributed by atoms with E-state index in [1.54, 1.807) is 25.4 Å². The van der Waals surface area contributed by atoms with Gasteiger partial charge in [0.1, 0.15) is 5.82 Å². The number of nitrogens with zero attached hydrogens (tertiary/aromatic N) is 4. The maximum atomic E-state index is 12.9. The van der Waals surface area contributed by atoms with Crippen molar-refractivity contribution in [1.82, 2.24) is 20.0 Å². The molecule has 0 bridgehead atoms. The average molecular weight is 417 g/mol. The van der Waals surface area contributed by atoms with Crippen molar-refractivity contribution in [1.29, 1.82) is 0 Å². The second-order valence-electron chi connectivity index (χ2n) is 4.73. The van der Waals surface area contributed by atoms with Crippen LogP contribution in [-0.2, 0) is 13.1 Å². The highest BCUT2D eigenvalue weighted by molar-refractivity contribution is 14.0. The van der Waals surface area contributed by atoms with Gasteiger partial charge in [0, 0.05) is 39.6 Å². The normalized spacial score (nSPS) is 11.0. The van der Waals surface area contributed by atoms with E-state index >= 15 is 0 Å². The van der Waals surface area contributed by atoms with Crippen LogP contribution in [0.3, 0.4) is 0 Å². The topological polar surface area (TPSA) is 45.5 Å². The minimum absolute atomic E-state index is 0. The Hall–Kier alpha value is -1.64. The fourth-order valence-corrected chi connectivity index (χ4v) is 2.04. The van der Waals surface area contributed by atoms with Crippen molar-refractivity contribution in [2.45, 2.75) is 13.1 Å². The average Bonchev–Trinajstić information content (AvgIpc) is 2.99. The number of rotatable bonds is 5. The van der Waals surface area contributed by atoms with Crippen molar-refractivity contribution in [2.24, 2.45) is 4.99 Å². The molecule has 1 aromatic heterocycles. The van der Waals surface area contributed by atoms with Gasteiger partial charge in [-0.15, -0.1) is 24.0 Å². The predicted molar refractivity (Wildman–Crippen MR) is 96.9 cm³/mol. The first-order valence-corrected chi connectivity index (χ1v) is 6.82. The standard InChI is InChI=1S/C15H20FN5.HI/c1-17-15(18-9-11-21-10-3-8-19-21)20(2)12-13-4-6-14(16)7-5-13;/h3-8,10H,9,11-12H2,1-2H3,(H,17,18);1H. The van der Waals surface area contributed by atoms with E-state index in [-0.39, 0.29) is 29.8 Å². The Balaban J connectivity index is 0.00000242. The Bertz CT molecular complexity index is 568. The van der Waals surface area contributed by atoms with Crippen molar-refractivity contribution in [3.05, 3.63) is 54.1 Å². The number of aliphatic imine (C=N–C) groups is 1. The molecule has 0 radical (unpaired) electrons. The first kappa shape index (κ1) is 18.4. The summed E-state index contributed by atoms with van der Waals surface area (Å²) in [4.78, 5) is 6.24. The molecule has 0 aliphatic heterocycles. The van der Waals surface area contributed by atoms with E-state index in [0.29, 0.717) is 6.54 Å². The number of benzene rings is 1. The monoisotopic (exact) mass is 417 g/mol. The van der Waals surface area contributed by atoms with Crippen LogP contribution in [0.2, 0.25) is 0 Å². The number of nitrogens with one attached hydrogen (secondary N) is 1. The molecule has 0 spiro atoms. The van der Waals surface area contributed by atoms with Gasteiger partial charge in [0.15, 0.2) is 5.96 Å². The molecule has 7 heteroatoms. The Morgan fingerprint density at radius 3 is 2.68 bits per heavy atom. The Morgan fingerprint density at radius 2 is 2.09 bits per heavy atom. The molecular weight excluding hydrogens is 396 g/mol. The second kappa shape index (κ2) is 9.39. The summed E-state index contributed by atoms with van der Waals surface area (Å²) in [7, 11) is 3.70. The number of aromatic nitrogens is 2. The van der Waals surface area contributed by atoms with E-state index in [0.717, 1.165) is 24.6 Å². The number of hydrogen-bond acceptors (Lipinski definition) is 2. The molecule has 0 amide bonds. The SMILES string of the molecule is CN=C(NCCn1cccn1)N(C)Cc1ccc(F)cc1.I. The zero-order chi connectivity index (χ0) is 15.1. The van der Waals surface area contributed by atoms with Crippen molar-refractivity contribution in [2.75, 3.05) is 20.6 Å². The van der Waals surface area contributed by atoms with Crippen LogP contribution in [0.4, 0.5) is 4.39 Å². The van der Waals surface area contributed by atoms with Gasteiger partial charge < -0.3 is 10.2 Å². The Kier molecular flexibility index (Phi) is 7.86. The molecular formula is C15H21FIN5. The molecule has 1 N–H and O–H groups in total. The molecule has 0 fully saturated rings. The Labute approximate surface area is 147 Å². The van der Waals surface area contributed by atoms with Gasteiger partial charge in [0.25, 0.3) is 0 Å². The lowest BCUT2D eigenvalue weighted by Crippen LogP contribution is -2.39. The highest BCUT2D eigenvalue weighted by atomic mass is 127. The molecule has 0 unspecified atom stereocenters. The van der Waals surface area contributed by atoms with Gasteiger partial charge in [-0.2, -0.15) is 5.10 Å². The number of halogens is 2. The highest BCUT2D eigenvalue weighted by Gasteiger charge is 2.06. The van der Waals surface area contributed by atoms with Crippen LogP contribution in [0.5, 0.6) is 0 Å². The van der Waals surface area contributed by atoms with Gasteiger partial charge in [-0.1, -0.05) is 12.1 Å². The molecule has 0 saturated heterocycles. The highest BCUT2D eigenvalue weighted by Crippen LogP contribution is 2.05. The largest absolute Gasteiger partial charge is 0.354 e. The molecule has 2 aromatic rings. The maximum Gasteiger partial charge on any atom is 0.193 e. The first-order chi connectivity index (χ1) is 10.2. The second-order valence-corrected chi connectivity index (χ2v) is 4.73. The van der Waals surface area contributed by atoms with Crippen molar-refractivity contribution >= 4 is 29.9 Å². The van der Waals surface area contributed by atoms with Crippen LogP contribution in [0.1, 0.15) is 5.56 Å². The summed E-state index contributed by atoms with van der Waals surface area (Å²) < 4.78 is 14.8. The van der Waals surface area contributed by atoms with Gasteiger partial charge in [0.2, 0.25) is 0 Å². The van der Waals surface area contributed by atoms with E-state index in [2.05, 4.69) is 15.4 Å². The third-order valence-corrected chi connectivity index (χ3v) is 3.09. The van der Waals surface area contributed by atoms with E-state index in [9.17, 15) is 4.39 Å². The van der Waals surface area contributed by atoms with Crippen molar-refractivity contribution < 1.29 is 4.39 Å². The third kappa shape index (κ3) is 5.63. The Morgan fingerprint density at radius 1 is 1.36 bits per heavy atom. The van der Waals surface area contributed by atoms with Crippen LogP contribution in [-0.4, -0.2) is 41.3 Å². The molecule has 22 heavy (non-hydrogen) atoms.